The van der Waals surface area contributed by atoms with Crippen LogP contribution in [0.2, 0.25) is 0 Å². The van der Waals surface area contributed by atoms with Crippen molar-refractivity contribution in [1.29, 1.82) is 0 Å². The first kappa shape index (κ1) is 8.75. The van der Waals surface area contributed by atoms with Gasteiger partial charge in [0.2, 0.25) is 0 Å². The lowest BCUT2D eigenvalue weighted by Gasteiger charge is -2.36. The zero-order valence-electron chi connectivity index (χ0n) is 7.91. The van der Waals surface area contributed by atoms with E-state index in [1.54, 1.807) is 11.3 Å². The van der Waals surface area contributed by atoms with Crippen LogP contribution in [0.15, 0.2) is 12.1 Å². The summed E-state index contributed by atoms with van der Waals surface area (Å²) in [4.78, 5) is 15.7. The number of rotatable bonds is 1. The molecule has 13 heavy (non-hydrogen) atoms. The van der Waals surface area contributed by atoms with Crippen molar-refractivity contribution in [3.63, 3.8) is 0 Å². The monoisotopic (exact) mass is 195 g/mol. The molecule has 70 valence electrons. The molecule has 1 saturated heterocycles. The first-order chi connectivity index (χ1) is 6.16. The molecule has 1 aliphatic heterocycles. The van der Waals surface area contributed by atoms with Gasteiger partial charge in [-0.3, -0.25) is 4.79 Å². The van der Waals surface area contributed by atoms with Crippen molar-refractivity contribution < 1.29 is 4.79 Å². The molecule has 1 aliphatic rings. The number of carbonyl (C=O) groups is 1. The third-order valence-corrected chi connectivity index (χ3v) is 3.29. The molecule has 0 atom stereocenters. The summed E-state index contributed by atoms with van der Waals surface area (Å²) in [7, 11) is 0. The molecule has 2 nitrogen and oxygen atoms in total. The highest BCUT2D eigenvalue weighted by Gasteiger charge is 2.28. The molecule has 2 rings (SSSR count). The Balaban J connectivity index is 2.06. The molecule has 0 spiro atoms. The minimum atomic E-state index is 0.205. The fourth-order valence-electron chi connectivity index (χ4n) is 1.57. The summed E-state index contributed by atoms with van der Waals surface area (Å²) in [6.45, 7) is 6.05. The summed E-state index contributed by atoms with van der Waals surface area (Å²) in [5.41, 5.74) is 0. The molecule has 0 bridgehead atoms. The maximum absolute atomic E-state index is 11.7. The largest absolute Gasteiger partial charge is 0.337 e. The number of thiophene rings is 1. The zero-order chi connectivity index (χ0) is 9.42. The molecule has 2 heterocycles. The highest BCUT2D eigenvalue weighted by Crippen LogP contribution is 2.22. The molecule has 3 heteroatoms. The highest BCUT2D eigenvalue weighted by molar-refractivity contribution is 7.13. The van der Waals surface area contributed by atoms with Gasteiger partial charge in [-0.05, 0) is 25.0 Å². The van der Waals surface area contributed by atoms with Crippen molar-refractivity contribution in [3.05, 3.63) is 21.9 Å². The normalized spacial score (nSPS) is 17.2. The molecule has 0 unspecified atom stereocenters. The Morgan fingerprint density at radius 1 is 1.54 bits per heavy atom. The van der Waals surface area contributed by atoms with Crippen LogP contribution in [0.4, 0.5) is 0 Å². The third kappa shape index (κ3) is 1.61. The Morgan fingerprint density at radius 2 is 2.23 bits per heavy atom. The van der Waals surface area contributed by atoms with E-state index < -0.39 is 0 Å². The average Bonchev–Trinajstić information content (AvgIpc) is 2.45. The third-order valence-electron chi connectivity index (χ3n) is 2.30. The van der Waals surface area contributed by atoms with E-state index in [2.05, 4.69) is 6.92 Å². The van der Waals surface area contributed by atoms with Crippen molar-refractivity contribution in [2.45, 2.75) is 13.8 Å². The minimum absolute atomic E-state index is 0.205. The number of carbonyl (C=O) groups excluding carboxylic acids is 1. The van der Waals surface area contributed by atoms with Crippen LogP contribution >= 0.6 is 11.3 Å². The summed E-state index contributed by atoms with van der Waals surface area (Å²) >= 11 is 1.58. The van der Waals surface area contributed by atoms with Crippen LogP contribution in [-0.4, -0.2) is 23.9 Å². The predicted octanol–water partition coefficient (Wildman–Crippen LogP) is 2.15. The molecule has 0 N–H and O–H groups in total. The second-order valence-corrected chi connectivity index (χ2v) is 5.01. The fourth-order valence-corrected chi connectivity index (χ4v) is 2.41. The quantitative estimate of drug-likeness (QED) is 0.672. The topological polar surface area (TPSA) is 20.3 Å². The summed E-state index contributed by atoms with van der Waals surface area (Å²) in [6, 6.07) is 3.92. The van der Waals surface area contributed by atoms with Crippen LogP contribution in [0.1, 0.15) is 21.5 Å². The Labute approximate surface area is 82.2 Å². The van der Waals surface area contributed by atoms with Crippen LogP contribution in [0.25, 0.3) is 0 Å². The van der Waals surface area contributed by atoms with Gasteiger partial charge in [0, 0.05) is 18.0 Å². The summed E-state index contributed by atoms with van der Waals surface area (Å²) in [5.74, 6) is 0.890. The van der Waals surface area contributed by atoms with Gasteiger partial charge in [-0.2, -0.15) is 0 Å². The van der Waals surface area contributed by atoms with Crippen LogP contribution in [0, 0.1) is 12.8 Å². The molecule has 1 aromatic heterocycles. The van der Waals surface area contributed by atoms with Crippen molar-refractivity contribution in [1.82, 2.24) is 4.90 Å². The highest BCUT2D eigenvalue weighted by atomic mass is 32.1. The van der Waals surface area contributed by atoms with Crippen LogP contribution in [0.5, 0.6) is 0 Å². The summed E-state index contributed by atoms with van der Waals surface area (Å²) in [5, 5.41) is 0. The van der Waals surface area contributed by atoms with Gasteiger partial charge >= 0.3 is 0 Å². The van der Waals surface area contributed by atoms with Gasteiger partial charge in [-0.25, -0.2) is 0 Å². The molecule has 1 aromatic rings. The molecule has 1 amide bonds. The van der Waals surface area contributed by atoms with Crippen molar-refractivity contribution in [2.24, 2.45) is 5.92 Å². The minimum Gasteiger partial charge on any atom is -0.337 e. The van der Waals surface area contributed by atoms with Crippen LogP contribution in [-0.2, 0) is 0 Å². The van der Waals surface area contributed by atoms with Crippen LogP contribution in [0.3, 0.4) is 0 Å². The van der Waals surface area contributed by atoms with Gasteiger partial charge in [0.1, 0.15) is 0 Å². The van der Waals surface area contributed by atoms with Gasteiger partial charge in [0.05, 0.1) is 4.88 Å². The maximum atomic E-state index is 11.7. The number of likely N-dealkylation sites (tertiary alicyclic amines) is 1. The number of aryl methyl sites for hydroxylation is 1. The number of amides is 1. The van der Waals surface area contributed by atoms with Crippen molar-refractivity contribution in [2.75, 3.05) is 13.1 Å². The fraction of sp³-hybridized carbons (Fsp3) is 0.500. The van der Waals surface area contributed by atoms with E-state index >= 15 is 0 Å². The SMILES string of the molecule is Cc1ccc(C(=O)N2CC(C)C2)s1. The number of hydrogen-bond acceptors (Lipinski definition) is 2. The Hall–Kier alpha value is -0.830. The second kappa shape index (κ2) is 3.14. The van der Waals surface area contributed by atoms with E-state index in [9.17, 15) is 4.79 Å². The van der Waals surface area contributed by atoms with Gasteiger partial charge in [0.25, 0.3) is 5.91 Å². The second-order valence-electron chi connectivity index (χ2n) is 3.73. The lowest BCUT2D eigenvalue weighted by molar-refractivity contribution is 0.0535. The molecular weight excluding hydrogens is 182 g/mol. The van der Waals surface area contributed by atoms with Crippen molar-refractivity contribution >= 4 is 17.2 Å². The van der Waals surface area contributed by atoms with Gasteiger partial charge < -0.3 is 4.90 Å². The first-order valence-electron chi connectivity index (χ1n) is 4.52. The standard InChI is InChI=1S/C10H13NOS/c1-7-5-11(6-7)10(12)9-4-3-8(2)13-9/h3-4,7H,5-6H2,1-2H3. The lowest BCUT2D eigenvalue weighted by atomic mass is 10.0. The van der Waals surface area contributed by atoms with E-state index in [4.69, 9.17) is 0 Å². The van der Waals surface area contributed by atoms with E-state index in [0.29, 0.717) is 5.92 Å². The molecule has 0 aromatic carbocycles. The average molecular weight is 195 g/mol. The van der Waals surface area contributed by atoms with E-state index in [1.165, 1.54) is 4.88 Å². The number of nitrogens with zero attached hydrogens (tertiary/aromatic N) is 1. The Morgan fingerprint density at radius 3 is 2.69 bits per heavy atom. The van der Waals surface area contributed by atoms with E-state index in [1.807, 2.05) is 24.0 Å². The van der Waals surface area contributed by atoms with E-state index in [0.717, 1.165) is 18.0 Å². The van der Waals surface area contributed by atoms with Crippen LogP contribution < -0.4 is 0 Å². The Bertz CT molecular complexity index is 325. The van der Waals surface area contributed by atoms with Gasteiger partial charge in [-0.15, -0.1) is 11.3 Å². The Kier molecular flexibility index (Phi) is 2.12. The lowest BCUT2D eigenvalue weighted by Crippen LogP contribution is -2.48. The maximum Gasteiger partial charge on any atom is 0.263 e. The predicted molar refractivity (Wildman–Crippen MR) is 54.1 cm³/mol. The van der Waals surface area contributed by atoms with Crippen molar-refractivity contribution in [3.8, 4) is 0 Å². The summed E-state index contributed by atoms with van der Waals surface area (Å²) < 4.78 is 0. The van der Waals surface area contributed by atoms with Gasteiger partial charge in [0.15, 0.2) is 0 Å². The molecule has 0 saturated carbocycles. The molecule has 0 radical (unpaired) electrons. The molecule has 0 aliphatic carbocycles. The smallest absolute Gasteiger partial charge is 0.263 e. The number of hydrogen-bond donors (Lipinski definition) is 0. The summed E-state index contributed by atoms with van der Waals surface area (Å²) in [6.07, 6.45) is 0. The first-order valence-corrected chi connectivity index (χ1v) is 5.34. The molecular formula is C10H13NOS. The molecule has 1 fully saturated rings. The van der Waals surface area contributed by atoms with Gasteiger partial charge in [-0.1, -0.05) is 6.92 Å². The van der Waals surface area contributed by atoms with E-state index in [-0.39, 0.29) is 5.91 Å². The zero-order valence-corrected chi connectivity index (χ0v) is 8.73.